The zero-order chi connectivity index (χ0) is 15.2. The van der Waals surface area contributed by atoms with Crippen LogP contribution in [0.15, 0.2) is 54.6 Å². The second kappa shape index (κ2) is 6.47. The average Bonchev–Trinajstić information content (AvgIpc) is 2.46. The summed E-state index contributed by atoms with van der Waals surface area (Å²) in [7, 11) is 0. The summed E-state index contributed by atoms with van der Waals surface area (Å²) in [5, 5.41) is 10.5. The smallest absolute Gasteiger partial charge is 0.336 e. The van der Waals surface area contributed by atoms with E-state index in [0.29, 0.717) is 0 Å². The van der Waals surface area contributed by atoms with E-state index in [1.54, 1.807) is 6.08 Å². The number of carbonyl (C=O) groups excluding carboxylic acids is 1. The van der Waals surface area contributed by atoms with Crippen LogP contribution in [-0.2, 0) is 4.79 Å². The van der Waals surface area contributed by atoms with Crippen LogP contribution in [0.25, 0.3) is 6.08 Å². The molecule has 0 aliphatic heterocycles. The standard InChI is InChI=1S/C16H13NO4/c1-12-3-2-4-13(11-12)5-10-16(18)21-15-8-6-14(7-9-15)17(19)20/h2-11H,1H3/b10-5+. The molecule has 0 fully saturated rings. The Hall–Kier alpha value is -2.95. The van der Waals surface area contributed by atoms with Crippen molar-refractivity contribution in [3.8, 4) is 5.75 Å². The lowest BCUT2D eigenvalue weighted by Gasteiger charge is -2.00. The number of hydrogen-bond acceptors (Lipinski definition) is 4. The molecule has 0 heterocycles. The number of hydrogen-bond donors (Lipinski definition) is 0. The van der Waals surface area contributed by atoms with Crippen LogP contribution in [0.5, 0.6) is 5.75 Å². The lowest BCUT2D eigenvalue weighted by molar-refractivity contribution is -0.384. The second-order valence-corrected chi connectivity index (χ2v) is 4.42. The molecule has 0 aromatic heterocycles. The topological polar surface area (TPSA) is 69.4 Å². The van der Waals surface area contributed by atoms with E-state index >= 15 is 0 Å². The van der Waals surface area contributed by atoms with Gasteiger partial charge in [-0.1, -0.05) is 29.8 Å². The van der Waals surface area contributed by atoms with Gasteiger partial charge in [0.1, 0.15) is 5.75 Å². The van der Waals surface area contributed by atoms with E-state index in [9.17, 15) is 14.9 Å². The van der Waals surface area contributed by atoms with Gasteiger partial charge in [-0.05, 0) is 30.7 Å². The molecule has 0 atom stereocenters. The number of aryl methyl sites for hydroxylation is 1. The van der Waals surface area contributed by atoms with Gasteiger partial charge in [0.2, 0.25) is 0 Å². The molecular weight excluding hydrogens is 270 g/mol. The molecule has 2 aromatic rings. The Morgan fingerprint density at radius 1 is 1.19 bits per heavy atom. The van der Waals surface area contributed by atoms with Crippen LogP contribution >= 0.6 is 0 Å². The first-order valence-corrected chi connectivity index (χ1v) is 6.25. The number of non-ortho nitro benzene ring substituents is 1. The third-order valence-corrected chi connectivity index (χ3v) is 2.72. The summed E-state index contributed by atoms with van der Waals surface area (Å²) in [6, 6.07) is 13.0. The first kappa shape index (κ1) is 14.5. The van der Waals surface area contributed by atoms with Crippen molar-refractivity contribution in [2.24, 2.45) is 0 Å². The van der Waals surface area contributed by atoms with Crippen LogP contribution in [0.2, 0.25) is 0 Å². The Kier molecular flexibility index (Phi) is 4.46. The van der Waals surface area contributed by atoms with Crippen LogP contribution in [-0.4, -0.2) is 10.9 Å². The summed E-state index contributed by atoms with van der Waals surface area (Å²) in [5.74, 6) is -0.273. The predicted octanol–water partition coefficient (Wildman–Crippen LogP) is 3.52. The van der Waals surface area contributed by atoms with E-state index in [-0.39, 0.29) is 11.4 Å². The minimum absolute atomic E-state index is 0.0508. The van der Waals surface area contributed by atoms with Crippen molar-refractivity contribution < 1.29 is 14.5 Å². The van der Waals surface area contributed by atoms with Crippen molar-refractivity contribution in [3.05, 3.63) is 75.8 Å². The van der Waals surface area contributed by atoms with Gasteiger partial charge in [-0.3, -0.25) is 10.1 Å². The van der Waals surface area contributed by atoms with Crippen molar-refractivity contribution in [2.75, 3.05) is 0 Å². The largest absolute Gasteiger partial charge is 0.423 e. The fourth-order valence-electron chi connectivity index (χ4n) is 1.72. The van der Waals surface area contributed by atoms with Gasteiger partial charge in [-0.2, -0.15) is 0 Å². The Labute approximate surface area is 121 Å². The molecule has 5 nitrogen and oxygen atoms in total. The van der Waals surface area contributed by atoms with E-state index in [1.165, 1.54) is 30.3 Å². The second-order valence-electron chi connectivity index (χ2n) is 4.42. The third-order valence-electron chi connectivity index (χ3n) is 2.72. The molecule has 0 unspecified atom stereocenters. The highest BCUT2D eigenvalue weighted by molar-refractivity contribution is 5.88. The summed E-state index contributed by atoms with van der Waals surface area (Å²) in [5.41, 5.74) is 1.95. The molecule has 2 rings (SSSR count). The van der Waals surface area contributed by atoms with Crippen LogP contribution in [0, 0.1) is 17.0 Å². The number of esters is 1. The molecule has 5 heteroatoms. The monoisotopic (exact) mass is 283 g/mol. The minimum atomic E-state index is -0.537. The Bertz CT molecular complexity index is 690. The Morgan fingerprint density at radius 3 is 2.52 bits per heavy atom. The predicted molar refractivity (Wildman–Crippen MR) is 78.9 cm³/mol. The van der Waals surface area contributed by atoms with Gasteiger partial charge in [0.15, 0.2) is 0 Å². The lowest BCUT2D eigenvalue weighted by atomic mass is 10.1. The van der Waals surface area contributed by atoms with Crippen LogP contribution in [0.3, 0.4) is 0 Å². The summed E-state index contributed by atoms with van der Waals surface area (Å²) in [6.07, 6.45) is 2.97. The normalized spacial score (nSPS) is 10.5. The quantitative estimate of drug-likeness (QED) is 0.283. The molecule has 0 amide bonds. The van der Waals surface area contributed by atoms with E-state index in [1.807, 2.05) is 31.2 Å². The first-order chi connectivity index (χ1) is 10.0. The van der Waals surface area contributed by atoms with Gasteiger partial charge in [0, 0.05) is 18.2 Å². The molecule has 0 saturated heterocycles. The number of rotatable bonds is 4. The summed E-state index contributed by atoms with van der Waals surface area (Å²) in [6.45, 7) is 1.96. The fourth-order valence-corrected chi connectivity index (χ4v) is 1.72. The fraction of sp³-hybridized carbons (Fsp3) is 0.0625. The van der Waals surface area contributed by atoms with Crippen molar-refractivity contribution in [2.45, 2.75) is 6.92 Å². The van der Waals surface area contributed by atoms with Gasteiger partial charge in [0.25, 0.3) is 5.69 Å². The number of carbonyl (C=O) groups is 1. The van der Waals surface area contributed by atoms with Crippen LogP contribution in [0.1, 0.15) is 11.1 Å². The van der Waals surface area contributed by atoms with E-state index in [2.05, 4.69) is 0 Å². The summed E-state index contributed by atoms with van der Waals surface area (Å²) in [4.78, 5) is 21.6. The highest BCUT2D eigenvalue weighted by atomic mass is 16.6. The maximum Gasteiger partial charge on any atom is 0.336 e. The van der Waals surface area contributed by atoms with E-state index < -0.39 is 10.9 Å². The number of benzene rings is 2. The lowest BCUT2D eigenvalue weighted by Crippen LogP contribution is -2.03. The summed E-state index contributed by atoms with van der Waals surface area (Å²) < 4.78 is 5.05. The van der Waals surface area contributed by atoms with Crippen molar-refractivity contribution in [1.29, 1.82) is 0 Å². The number of nitro groups is 1. The first-order valence-electron chi connectivity index (χ1n) is 6.25. The maximum absolute atomic E-state index is 11.6. The van der Waals surface area contributed by atoms with Gasteiger partial charge in [0.05, 0.1) is 4.92 Å². The molecular formula is C16H13NO4. The van der Waals surface area contributed by atoms with Gasteiger partial charge in [-0.15, -0.1) is 0 Å². The molecule has 0 aliphatic carbocycles. The van der Waals surface area contributed by atoms with Crippen molar-refractivity contribution in [3.63, 3.8) is 0 Å². The molecule has 0 spiro atoms. The van der Waals surface area contributed by atoms with Gasteiger partial charge < -0.3 is 4.74 Å². The van der Waals surface area contributed by atoms with Crippen LogP contribution < -0.4 is 4.74 Å². The summed E-state index contributed by atoms with van der Waals surface area (Å²) >= 11 is 0. The third kappa shape index (κ3) is 4.28. The molecule has 0 N–H and O–H groups in total. The Balaban J connectivity index is 1.99. The number of nitro benzene ring substituents is 1. The molecule has 2 aromatic carbocycles. The molecule has 0 aliphatic rings. The average molecular weight is 283 g/mol. The minimum Gasteiger partial charge on any atom is -0.423 e. The molecule has 21 heavy (non-hydrogen) atoms. The van der Waals surface area contributed by atoms with Crippen LogP contribution in [0.4, 0.5) is 5.69 Å². The zero-order valence-corrected chi connectivity index (χ0v) is 11.4. The Morgan fingerprint density at radius 2 is 1.90 bits per heavy atom. The van der Waals surface area contributed by atoms with E-state index in [0.717, 1.165) is 11.1 Å². The van der Waals surface area contributed by atoms with Gasteiger partial charge in [-0.25, -0.2) is 4.79 Å². The molecule has 0 bridgehead atoms. The number of ether oxygens (including phenoxy) is 1. The SMILES string of the molecule is Cc1cccc(/C=C/C(=O)Oc2ccc([N+](=O)[O-])cc2)c1. The molecule has 0 radical (unpaired) electrons. The zero-order valence-electron chi connectivity index (χ0n) is 11.4. The molecule has 0 saturated carbocycles. The molecule has 106 valence electrons. The van der Waals surface area contributed by atoms with Gasteiger partial charge >= 0.3 is 5.97 Å². The van der Waals surface area contributed by atoms with E-state index in [4.69, 9.17) is 4.74 Å². The maximum atomic E-state index is 11.6. The van der Waals surface area contributed by atoms with Crippen molar-refractivity contribution >= 4 is 17.7 Å². The highest BCUT2D eigenvalue weighted by Gasteiger charge is 2.06. The van der Waals surface area contributed by atoms with Crippen molar-refractivity contribution in [1.82, 2.24) is 0 Å². The highest BCUT2D eigenvalue weighted by Crippen LogP contribution is 2.17. The number of nitrogens with zero attached hydrogens (tertiary/aromatic N) is 1.